The lowest BCUT2D eigenvalue weighted by molar-refractivity contribution is -0.137. The number of hydrogen-bond donors (Lipinski definition) is 0. The Morgan fingerprint density at radius 3 is 2.41 bits per heavy atom. The quantitative estimate of drug-likeness (QED) is 0.636. The van der Waals surface area contributed by atoms with Gasteiger partial charge in [0.05, 0.1) is 11.3 Å². The minimum Gasteiger partial charge on any atom is -0.292 e. The van der Waals surface area contributed by atoms with Crippen molar-refractivity contribution in [3.05, 3.63) is 75.5 Å². The number of hydrogen-bond acceptors (Lipinski definition) is 4. The van der Waals surface area contributed by atoms with Crippen molar-refractivity contribution in [2.75, 3.05) is 0 Å². The van der Waals surface area contributed by atoms with E-state index < -0.39 is 17.6 Å². The Bertz CT molecular complexity index is 1070. The Balaban J connectivity index is 2.15. The van der Waals surface area contributed by atoms with Crippen LogP contribution < -0.4 is 4.80 Å². The van der Waals surface area contributed by atoms with Crippen LogP contribution in [0.2, 0.25) is 0 Å². The van der Waals surface area contributed by atoms with E-state index >= 15 is 0 Å². The van der Waals surface area contributed by atoms with Crippen molar-refractivity contribution in [1.29, 1.82) is 0 Å². The van der Waals surface area contributed by atoms with Crippen LogP contribution in [0.25, 0.3) is 5.69 Å². The van der Waals surface area contributed by atoms with Crippen molar-refractivity contribution < 1.29 is 22.8 Å². The smallest absolute Gasteiger partial charge is 0.292 e. The molecular weight excluding hydrogens is 379 g/mol. The van der Waals surface area contributed by atoms with Crippen molar-refractivity contribution in [3.63, 3.8) is 0 Å². The van der Waals surface area contributed by atoms with Crippen LogP contribution in [0.3, 0.4) is 0 Å². The summed E-state index contributed by atoms with van der Waals surface area (Å²) in [6, 6.07) is 12.6. The molecule has 1 amide bonds. The molecule has 0 fully saturated rings. The van der Waals surface area contributed by atoms with Gasteiger partial charge in [0, 0.05) is 12.5 Å². The van der Waals surface area contributed by atoms with Crippen LogP contribution in [0, 0.1) is 0 Å². The maximum absolute atomic E-state index is 13.0. The molecular formula is C18H12F3N3O2S. The van der Waals surface area contributed by atoms with Gasteiger partial charge in [-0.25, -0.2) is 4.68 Å². The third-order valence-electron chi connectivity index (χ3n) is 3.50. The van der Waals surface area contributed by atoms with Crippen LogP contribution in [-0.2, 0) is 6.18 Å². The maximum atomic E-state index is 13.0. The summed E-state index contributed by atoms with van der Waals surface area (Å²) in [5.74, 6) is -0.968. The second-order valence-corrected chi connectivity index (χ2v) is 6.44. The van der Waals surface area contributed by atoms with Crippen molar-refractivity contribution >= 4 is 23.0 Å². The molecule has 0 aliphatic heterocycles. The molecule has 0 unspecified atom stereocenters. The van der Waals surface area contributed by atoms with E-state index in [9.17, 15) is 22.8 Å². The van der Waals surface area contributed by atoms with E-state index in [2.05, 4.69) is 10.1 Å². The van der Waals surface area contributed by atoms with Crippen LogP contribution in [0.1, 0.15) is 32.6 Å². The summed E-state index contributed by atoms with van der Waals surface area (Å²) in [6.45, 7) is 1.28. The Hall–Kier alpha value is -3.07. The first-order chi connectivity index (χ1) is 12.8. The van der Waals surface area contributed by atoms with E-state index in [1.165, 1.54) is 19.1 Å². The molecule has 0 bridgehead atoms. The molecule has 0 aliphatic rings. The molecule has 138 valence electrons. The summed E-state index contributed by atoms with van der Waals surface area (Å²) < 4.78 is 40.0. The minimum absolute atomic E-state index is 0.00776. The van der Waals surface area contributed by atoms with E-state index in [0.717, 1.165) is 28.2 Å². The van der Waals surface area contributed by atoms with Crippen LogP contribution in [0.15, 0.2) is 59.6 Å². The van der Waals surface area contributed by atoms with E-state index in [1.807, 2.05) is 0 Å². The Morgan fingerprint density at radius 2 is 1.78 bits per heavy atom. The van der Waals surface area contributed by atoms with Gasteiger partial charge in [0.25, 0.3) is 5.91 Å². The second-order valence-electron chi connectivity index (χ2n) is 5.49. The van der Waals surface area contributed by atoms with Crippen LogP contribution in [-0.4, -0.2) is 21.5 Å². The summed E-state index contributed by atoms with van der Waals surface area (Å²) >= 11 is 0.832. The summed E-state index contributed by atoms with van der Waals surface area (Å²) in [6.07, 6.45) is -4.53. The van der Waals surface area contributed by atoms with Gasteiger partial charge in [-0.1, -0.05) is 35.6 Å². The molecule has 0 aliphatic carbocycles. The van der Waals surface area contributed by atoms with Gasteiger partial charge in [-0.2, -0.15) is 23.3 Å². The number of alkyl halides is 3. The summed E-state index contributed by atoms with van der Waals surface area (Å²) in [5.41, 5.74) is -0.510. The van der Waals surface area contributed by atoms with Gasteiger partial charge in [-0.3, -0.25) is 9.59 Å². The first-order valence-electron chi connectivity index (χ1n) is 7.68. The number of amides is 1. The van der Waals surface area contributed by atoms with E-state index in [0.29, 0.717) is 5.56 Å². The molecule has 3 aromatic rings. The SMILES string of the molecule is CC(=O)c1nn(-c2cccc(C(F)(F)F)c2)c(=NC(=O)c2ccccc2)s1. The molecule has 1 aromatic heterocycles. The number of carbonyl (C=O) groups excluding carboxylic acids is 2. The first-order valence-corrected chi connectivity index (χ1v) is 8.50. The number of halogens is 3. The number of rotatable bonds is 3. The van der Waals surface area contributed by atoms with Gasteiger partial charge in [-0.15, -0.1) is 0 Å². The lowest BCUT2D eigenvalue weighted by atomic mass is 10.2. The molecule has 0 atom stereocenters. The van der Waals surface area contributed by atoms with Crippen molar-refractivity contribution in [3.8, 4) is 5.69 Å². The summed E-state index contributed by atoms with van der Waals surface area (Å²) in [7, 11) is 0. The van der Waals surface area contributed by atoms with E-state index in [-0.39, 0.29) is 21.3 Å². The highest BCUT2D eigenvalue weighted by molar-refractivity contribution is 7.11. The third kappa shape index (κ3) is 4.20. The van der Waals surface area contributed by atoms with Gasteiger partial charge in [0.2, 0.25) is 4.80 Å². The molecule has 3 rings (SSSR count). The number of benzene rings is 2. The molecule has 0 saturated heterocycles. The average Bonchev–Trinajstić information content (AvgIpc) is 3.06. The first kappa shape index (κ1) is 18.7. The Kier molecular flexibility index (Phi) is 5.04. The molecule has 9 heteroatoms. The molecule has 0 radical (unpaired) electrons. The number of Topliss-reactive ketones (excluding diaryl/α,β-unsaturated/α-hetero) is 1. The predicted octanol–water partition coefficient (Wildman–Crippen LogP) is 3.90. The zero-order chi connectivity index (χ0) is 19.6. The fraction of sp³-hybridized carbons (Fsp3) is 0.111. The van der Waals surface area contributed by atoms with Crippen molar-refractivity contribution in [1.82, 2.24) is 9.78 Å². The van der Waals surface area contributed by atoms with Crippen LogP contribution in [0.5, 0.6) is 0 Å². The van der Waals surface area contributed by atoms with Crippen LogP contribution >= 0.6 is 11.3 Å². The van der Waals surface area contributed by atoms with Crippen molar-refractivity contribution in [2.45, 2.75) is 13.1 Å². The van der Waals surface area contributed by atoms with Gasteiger partial charge in [0.15, 0.2) is 10.8 Å². The molecule has 27 heavy (non-hydrogen) atoms. The largest absolute Gasteiger partial charge is 0.416 e. The molecule has 5 nitrogen and oxygen atoms in total. The molecule has 0 spiro atoms. The van der Waals surface area contributed by atoms with Gasteiger partial charge in [0.1, 0.15) is 0 Å². The highest BCUT2D eigenvalue weighted by atomic mass is 32.1. The highest BCUT2D eigenvalue weighted by Crippen LogP contribution is 2.30. The molecule has 0 saturated carbocycles. The topological polar surface area (TPSA) is 64.3 Å². The molecule has 1 heterocycles. The lowest BCUT2D eigenvalue weighted by Crippen LogP contribution is -2.17. The number of carbonyl (C=O) groups is 2. The Morgan fingerprint density at radius 1 is 1.07 bits per heavy atom. The predicted molar refractivity (Wildman–Crippen MR) is 92.8 cm³/mol. The van der Waals surface area contributed by atoms with Crippen LogP contribution in [0.4, 0.5) is 13.2 Å². The minimum atomic E-state index is -4.53. The highest BCUT2D eigenvalue weighted by Gasteiger charge is 2.30. The zero-order valence-electron chi connectivity index (χ0n) is 13.9. The number of nitrogens with zero attached hydrogens (tertiary/aromatic N) is 3. The van der Waals surface area contributed by atoms with Crippen molar-refractivity contribution in [2.24, 2.45) is 4.99 Å². The van der Waals surface area contributed by atoms with Gasteiger partial charge in [-0.05, 0) is 30.3 Å². The summed E-state index contributed by atoms with van der Waals surface area (Å²) in [4.78, 5) is 27.9. The second kappa shape index (κ2) is 7.28. The normalized spacial score (nSPS) is 12.2. The third-order valence-corrected chi connectivity index (χ3v) is 4.51. The van der Waals surface area contributed by atoms with Gasteiger partial charge < -0.3 is 0 Å². The fourth-order valence-electron chi connectivity index (χ4n) is 2.21. The zero-order valence-corrected chi connectivity index (χ0v) is 14.7. The number of aromatic nitrogens is 2. The number of ketones is 1. The average molecular weight is 391 g/mol. The summed E-state index contributed by atoms with van der Waals surface area (Å²) in [5, 5.41) is 4.06. The molecule has 2 aromatic carbocycles. The van der Waals surface area contributed by atoms with E-state index in [4.69, 9.17) is 0 Å². The lowest BCUT2D eigenvalue weighted by Gasteiger charge is -2.08. The standard InChI is InChI=1S/C18H12F3N3O2S/c1-11(25)16-23-24(14-9-5-8-13(10-14)18(19,20)21)17(27-16)22-15(26)12-6-3-2-4-7-12/h2-10H,1H3. The fourth-order valence-corrected chi connectivity index (χ4v) is 3.01. The Labute approximate surface area is 155 Å². The monoisotopic (exact) mass is 391 g/mol. The van der Waals surface area contributed by atoms with Gasteiger partial charge >= 0.3 is 6.18 Å². The van der Waals surface area contributed by atoms with E-state index in [1.54, 1.807) is 30.3 Å². The maximum Gasteiger partial charge on any atom is 0.416 e. The molecule has 0 N–H and O–H groups in total.